The number of thioether (sulfide) groups is 1. The van der Waals surface area contributed by atoms with Gasteiger partial charge in [0.15, 0.2) is 11.0 Å². The summed E-state index contributed by atoms with van der Waals surface area (Å²) in [5.74, 6) is 1.89. The van der Waals surface area contributed by atoms with Crippen LogP contribution in [0.3, 0.4) is 0 Å². The number of aromatic nitrogens is 3. The summed E-state index contributed by atoms with van der Waals surface area (Å²) in [7, 11) is 0. The lowest BCUT2D eigenvalue weighted by Crippen LogP contribution is -2.09. The zero-order valence-corrected chi connectivity index (χ0v) is 14.7. The standard InChI is InChI=1S/C19H18N4OS/c1-15-6-5-9-17(12-15)24-14-18-21-22-19(25-11-10-20)23(18)13-16-7-3-2-4-8-16/h2-9,12H,11,13-14H2,1H3. The van der Waals surface area contributed by atoms with Crippen molar-refractivity contribution in [2.24, 2.45) is 0 Å². The molecule has 6 heteroatoms. The number of hydrogen-bond donors (Lipinski definition) is 0. The highest BCUT2D eigenvalue weighted by atomic mass is 32.2. The van der Waals surface area contributed by atoms with Crippen molar-refractivity contribution in [1.82, 2.24) is 14.8 Å². The molecule has 2 aromatic carbocycles. The van der Waals surface area contributed by atoms with Gasteiger partial charge in [0.25, 0.3) is 0 Å². The minimum atomic E-state index is 0.330. The van der Waals surface area contributed by atoms with E-state index in [2.05, 4.69) is 28.4 Å². The fourth-order valence-corrected chi connectivity index (χ4v) is 3.03. The molecule has 0 spiro atoms. The zero-order valence-electron chi connectivity index (χ0n) is 13.9. The Morgan fingerprint density at radius 2 is 1.96 bits per heavy atom. The average molecular weight is 350 g/mol. The predicted octanol–water partition coefficient (Wildman–Crippen LogP) is 3.83. The van der Waals surface area contributed by atoms with Crippen LogP contribution >= 0.6 is 11.8 Å². The largest absolute Gasteiger partial charge is 0.486 e. The van der Waals surface area contributed by atoms with Gasteiger partial charge in [-0.3, -0.25) is 4.57 Å². The molecule has 25 heavy (non-hydrogen) atoms. The van der Waals surface area contributed by atoms with Gasteiger partial charge in [-0.2, -0.15) is 5.26 Å². The third-order valence-corrected chi connectivity index (χ3v) is 4.43. The van der Waals surface area contributed by atoms with Gasteiger partial charge in [0.1, 0.15) is 12.4 Å². The molecule has 0 atom stereocenters. The maximum atomic E-state index is 8.84. The Kier molecular flexibility index (Phi) is 5.70. The van der Waals surface area contributed by atoms with Crippen molar-refractivity contribution in [3.8, 4) is 11.8 Å². The van der Waals surface area contributed by atoms with E-state index in [1.165, 1.54) is 11.8 Å². The van der Waals surface area contributed by atoms with Gasteiger partial charge in [-0.05, 0) is 30.2 Å². The molecule has 3 rings (SSSR count). The highest BCUT2D eigenvalue weighted by molar-refractivity contribution is 7.99. The topological polar surface area (TPSA) is 63.7 Å². The Bertz CT molecular complexity index is 871. The van der Waals surface area contributed by atoms with Gasteiger partial charge in [0, 0.05) is 0 Å². The van der Waals surface area contributed by atoms with Crippen molar-refractivity contribution < 1.29 is 4.74 Å². The van der Waals surface area contributed by atoms with Crippen LogP contribution in [0.5, 0.6) is 5.75 Å². The van der Waals surface area contributed by atoms with Gasteiger partial charge in [0.05, 0.1) is 18.4 Å². The maximum absolute atomic E-state index is 8.84. The van der Waals surface area contributed by atoms with E-state index in [9.17, 15) is 0 Å². The van der Waals surface area contributed by atoms with Crippen LogP contribution in [0.1, 0.15) is 17.0 Å². The molecular weight excluding hydrogens is 332 g/mol. The lowest BCUT2D eigenvalue weighted by Gasteiger charge is -2.11. The minimum absolute atomic E-state index is 0.330. The molecule has 1 aromatic heterocycles. The summed E-state index contributed by atoms with van der Waals surface area (Å²) >= 11 is 1.38. The third-order valence-electron chi connectivity index (χ3n) is 3.60. The summed E-state index contributed by atoms with van der Waals surface area (Å²) < 4.78 is 7.88. The normalized spacial score (nSPS) is 10.4. The van der Waals surface area contributed by atoms with E-state index in [0.29, 0.717) is 18.9 Å². The van der Waals surface area contributed by atoms with E-state index in [1.807, 2.05) is 54.0 Å². The third kappa shape index (κ3) is 4.61. The SMILES string of the molecule is Cc1cccc(OCc2nnc(SCC#N)n2Cc2ccccc2)c1. The molecule has 0 radical (unpaired) electrons. The van der Waals surface area contributed by atoms with Crippen molar-refractivity contribution in [2.75, 3.05) is 5.75 Å². The van der Waals surface area contributed by atoms with E-state index < -0.39 is 0 Å². The Labute approximate surface area is 151 Å². The summed E-state index contributed by atoms with van der Waals surface area (Å²) in [6.45, 7) is 3.01. The van der Waals surface area contributed by atoms with Gasteiger partial charge in [-0.1, -0.05) is 54.2 Å². The fraction of sp³-hybridized carbons (Fsp3) is 0.211. The Hall–Kier alpha value is -2.78. The molecule has 0 aliphatic heterocycles. The molecule has 5 nitrogen and oxygen atoms in total. The summed E-state index contributed by atoms with van der Waals surface area (Å²) in [6.07, 6.45) is 0. The molecule has 0 saturated heterocycles. The summed E-state index contributed by atoms with van der Waals surface area (Å²) in [5, 5.41) is 18.1. The van der Waals surface area contributed by atoms with Crippen LogP contribution in [0.4, 0.5) is 0 Å². The van der Waals surface area contributed by atoms with Crippen LogP contribution in [0.25, 0.3) is 0 Å². The van der Waals surface area contributed by atoms with E-state index >= 15 is 0 Å². The van der Waals surface area contributed by atoms with E-state index in [0.717, 1.165) is 27.9 Å². The first-order chi connectivity index (χ1) is 12.3. The van der Waals surface area contributed by atoms with Crippen molar-refractivity contribution in [2.45, 2.75) is 25.2 Å². The van der Waals surface area contributed by atoms with E-state index in [-0.39, 0.29) is 0 Å². The van der Waals surface area contributed by atoms with Crippen LogP contribution in [0.2, 0.25) is 0 Å². The van der Waals surface area contributed by atoms with Gasteiger partial charge in [-0.15, -0.1) is 10.2 Å². The lowest BCUT2D eigenvalue weighted by atomic mass is 10.2. The second kappa shape index (κ2) is 8.36. The van der Waals surface area contributed by atoms with Crippen molar-refractivity contribution in [3.63, 3.8) is 0 Å². The smallest absolute Gasteiger partial charge is 0.192 e. The molecule has 0 bridgehead atoms. The number of aryl methyl sites for hydroxylation is 1. The molecular formula is C19H18N4OS. The second-order valence-electron chi connectivity index (χ2n) is 5.52. The minimum Gasteiger partial charge on any atom is -0.486 e. The van der Waals surface area contributed by atoms with Crippen LogP contribution in [-0.2, 0) is 13.2 Å². The van der Waals surface area contributed by atoms with Crippen molar-refractivity contribution >= 4 is 11.8 Å². The van der Waals surface area contributed by atoms with Crippen LogP contribution < -0.4 is 4.74 Å². The molecule has 126 valence electrons. The number of benzene rings is 2. The first kappa shape index (κ1) is 17.1. The quantitative estimate of drug-likeness (QED) is 0.606. The van der Waals surface area contributed by atoms with Crippen molar-refractivity contribution in [1.29, 1.82) is 5.26 Å². The molecule has 0 aliphatic carbocycles. The van der Waals surface area contributed by atoms with Gasteiger partial charge < -0.3 is 4.74 Å². The number of nitrogens with zero attached hydrogens (tertiary/aromatic N) is 4. The molecule has 0 aliphatic rings. The molecule has 0 N–H and O–H groups in total. The average Bonchev–Trinajstić information content (AvgIpc) is 3.01. The van der Waals surface area contributed by atoms with Gasteiger partial charge >= 0.3 is 0 Å². The predicted molar refractivity (Wildman–Crippen MR) is 97.4 cm³/mol. The maximum Gasteiger partial charge on any atom is 0.192 e. The zero-order chi connectivity index (χ0) is 17.5. The highest BCUT2D eigenvalue weighted by Gasteiger charge is 2.13. The first-order valence-electron chi connectivity index (χ1n) is 7.91. The Balaban J connectivity index is 1.80. The number of rotatable bonds is 7. The summed E-state index contributed by atoms with van der Waals surface area (Å²) in [5.41, 5.74) is 2.30. The molecule has 0 unspecified atom stereocenters. The van der Waals surface area contributed by atoms with Gasteiger partial charge in [0.2, 0.25) is 0 Å². The molecule has 0 fully saturated rings. The molecule has 3 aromatic rings. The number of nitriles is 1. The van der Waals surface area contributed by atoms with E-state index in [4.69, 9.17) is 10.00 Å². The molecule has 1 heterocycles. The van der Waals surface area contributed by atoms with Crippen LogP contribution in [0.15, 0.2) is 59.8 Å². The monoisotopic (exact) mass is 350 g/mol. The van der Waals surface area contributed by atoms with Gasteiger partial charge in [-0.25, -0.2) is 0 Å². The molecule has 0 amide bonds. The highest BCUT2D eigenvalue weighted by Crippen LogP contribution is 2.20. The Morgan fingerprint density at radius 1 is 1.12 bits per heavy atom. The number of ether oxygens (including phenoxy) is 1. The summed E-state index contributed by atoms with van der Waals surface area (Å²) in [4.78, 5) is 0. The summed E-state index contributed by atoms with van der Waals surface area (Å²) in [6, 6.07) is 20.2. The fourth-order valence-electron chi connectivity index (χ4n) is 2.41. The van der Waals surface area contributed by atoms with Crippen molar-refractivity contribution in [3.05, 3.63) is 71.5 Å². The lowest BCUT2D eigenvalue weighted by molar-refractivity contribution is 0.288. The first-order valence-corrected chi connectivity index (χ1v) is 8.90. The van der Waals surface area contributed by atoms with Crippen LogP contribution in [-0.4, -0.2) is 20.5 Å². The Morgan fingerprint density at radius 3 is 2.72 bits per heavy atom. The van der Waals surface area contributed by atoms with Crippen LogP contribution in [0, 0.1) is 18.3 Å². The van der Waals surface area contributed by atoms with E-state index in [1.54, 1.807) is 0 Å². The molecule has 0 saturated carbocycles. The second-order valence-corrected chi connectivity index (χ2v) is 6.47. The number of hydrogen-bond acceptors (Lipinski definition) is 5.